The molecule has 0 radical (unpaired) electrons. The summed E-state index contributed by atoms with van der Waals surface area (Å²) in [5.41, 5.74) is 8.20. The number of aromatic nitrogens is 2. The molecule has 38 heavy (non-hydrogen) atoms. The number of hydrogen-bond acceptors (Lipinski definition) is 10. The summed E-state index contributed by atoms with van der Waals surface area (Å²) in [5.74, 6) is 2.51. The normalized spacial score (nSPS) is 14.5. The van der Waals surface area contributed by atoms with Crippen LogP contribution in [0, 0.1) is 0 Å². The second-order valence-electron chi connectivity index (χ2n) is 9.40. The molecule has 10 nitrogen and oxygen atoms in total. The van der Waals surface area contributed by atoms with Crippen LogP contribution in [0.2, 0.25) is 0 Å². The van der Waals surface area contributed by atoms with Crippen molar-refractivity contribution in [2.45, 2.75) is 36.1 Å². The van der Waals surface area contributed by atoms with Crippen LogP contribution < -0.4 is 24.8 Å². The second-order valence-corrected chi connectivity index (χ2v) is 11.3. The van der Waals surface area contributed by atoms with Crippen LogP contribution in [0.4, 0.5) is 11.8 Å². The number of ether oxygens (including phenoxy) is 3. The minimum atomic E-state index is -3.83. The summed E-state index contributed by atoms with van der Waals surface area (Å²) in [6, 6.07) is 10.7. The highest BCUT2D eigenvalue weighted by Crippen LogP contribution is 2.40. The molecule has 4 rings (SSSR count). The van der Waals surface area contributed by atoms with Crippen LogP contribution in [0.25, 0.3) is 0 Å². The first kappa shape index (κ1) is 27.5. The van der Waals surface area contributed by atoms with Crippen LogP contribution in [0.3, 0.4) is 0 Å². The Labute approximate surface area is 224 Å². The van der Waals surface area contributed by atoms with Crippen LogP contribution in [-0.4, -0.2) is 70.8 Å². The summed E-state index contributed by atoms with van der Waals surface area (Å²) in [7, 11) is 0.973. The van der Waals surface area contributed by atoms with Gasteiger partial charge in [0, 0.05) is 38.3 Å². The molecule has 2 N–H and O–H groups in total. The third-order valence-corrected chi connectivity index (χ3v) is 8.54. The maximum atomic E-state index is 13.2. The van der Waals surface area contributed by atoms with Crippen molar-refractivity contribution in [3.8, 4) is 17.2 Å². The van der Waals surface area contributed by atoms with Gasteiger partial charge in [-0.15, -0.1) is 0 Å². The molecule has 2 heterocycles. The Morgan fingerprint density at radius 1 is 0.921 bits per heavy atom. The summed E-state index contributed by atoms with van der Waals surface area (Å²) in [5, 5.41) is 0. The van der Waals surface area contributed by atoms with Crippen molar-refractivity contribution in [1.82, 2.24) is 14.9 Å². The summed E-state index contributed by atoms with van der Waals surface area (Å²) >= 11 is 0. The molecule has 11 heteroatoms. The van der Waals surface area contributed by atoms with Crippen molar-refractivity contribution in [3.63, 3.8) is 0 Å². The number of benzene rings is 2. The third kappa shape index (κ3) is 5.48. The van der Waals surface area contributed by atoms with Gasteiger partial charge in [-0.25, -0.2) is 13.4 Å². The lowest BCUT2D eigenvalue weighted by Crippen LogP contribution is -2.46. The average molecular weight is 542 g/mol. The number of piperazine rings is 1. The van der Waals surface area contributed by atoms with Crippen LogP contribution in [0.1, 0.15) is 30.9 Å². The van der Waals surface area contributed by atoms with Crippen LogP contribution >= 0.6 is 0 Å². The number of rotatable bonds is 9. The van der Waals surface area contributed by atoms with Gasteiger partial charge in [0.15, 0.2) is 11.5 Å². The van der Waals surface area contributed by atoms with Gasteiger partial charge in [0.25, 0.3) is 0 Å². The highest BCUT2D eigenvalue weighted by Gasteiger charge is 2.26. The third-order valence-electron chi connectivity index (χ3n) is 6.75. The molecule has 2 aromatic carbocycles. The quantitative estimate of drug-likeness (QED) is 0.432. The monoisotopic (exact) mass is 541 g/mol. The van der Waals surface area contributed by atoms with E-state index in [4.69, 9.17) is 19.9 Å². The molecular weight excluding hydrogens is 506 g/mol. The van der Waals surface area contributed by atoms with E-state index in [9.17, 15) is 8.42 Å². The molecule has 0 unspecified atom stereocenters. The van der Waals surface area contributed by atoms with Crippen molar-refractivity contribution < 1.29 is 22.6 Å². The summed E-state index contributed by atoms with van der Waals surface area (Å²) < 4.78 is 42.8. The molecule has 0 spiro atoms. The minimum absolute atomic E-state index is 0.0552. The lowest BCUT2D eigenvalue weighted by atomic mass is 10.0. The molecule has 0 atom stereocenters. The van der Waals surface area contributed by atoms with E-state index in [0.29, 0.717) is 48.7 Å². The molecule has 3 aromatic rings. The van der Waals surface area contributed by atoms with Gasteiger partial charge in [0.2, 0.25) is 21.5 Å². The number of sulfone groups is 1. The first-order valence-electron chi connectivity index (χ1n) is 12.4. The summed E-state index contributed by atoms with van der Waals surface area (Å²) in [6.45, 7) is 7.62. The lowest BCUT2D eigenvalue weighted by Gasteiger charge is -2.35. The fourth-order valence-electron chi connectivity index (χ4n) is 4.53. The summed E-state index contributed by atoms with van der Waals surface area (Å²) in [6.07, 6.45) is 1.31. The van der Waals surface area contributed by atoms with Gasteiger partial charge in [0.1, 0.15) is 10.7 Å². The molecule has 0 amide bonds. The smallest absolute Gasteiger partial charge is 0.227 e. The van der Waals surface area contributed by atoms with E-state index in [1.54, 1.807) is 33.5 Å². The van der Waals surface area contributed by atoms with Crippen molar-refractivity contribution in [2.24, 2.45) is 0 Å². The van der Waals surface area contributed by atoms with Gasteiger partial charge in [-0.3, -0.25) is 4.90 Å². The molecule has 1 saturated heterocycles. The molecule has 1 aliphatic rings. The topological polar surface area (TPSA) is 120 Å². The molecule has 0 aliphatic carbocycles. The van der Waals surface area contributed by atoms with Gasteiger partial charge in [0.05, 0.1) is 32.4 Å². The SMILES string of the molecule is COc1ccc(CN2CCN(c3ncc(S(=O)(=O)c4ccc(C(C)C)cc4)c(N)n3)CC2)c(OC)c1OC. The van der Waals surface area contributed by atoms with E-state index in [-0.39, 0.29) is 15.6 Å². The number of nitrogens with zero attached hydrogens (tertiary/aromatic N) is 4. The predicted octanol–water partition coefficient (Wildman–Crippen LogP) is 3.36. The Hall–Kier alpha value is -3.57. The van der Waals surface area contributed by atoms with Gasteiger partial charge in [-0.2, -0.15) is 4.98 Å². The molecule has 1 aromatic heterocycles. The van der Waals surface area contributed by atoms with Crippen LogP contribution in [0.5, 0.6) is 17.2 Å². The predicted molar refractivity (Wildman–Crippen MR) is 146 cm³/mol. The Balaban J connectivity index is 1.44. The van der Waals surface area contributed by atoms with Crippen molar-refractivity contribution >= 4 is 21.6 Å². The van der Waals surface area contributed by atoms with E-state index in [1.807, 2.05) is 29.2 Å². The van der Waals surface area contributed by atoms with Gasteiger partial charge in [-0.1, -0.05) is 32.0 Å². The zero-order valence-electron chi connectivity index (χ0n) is 22.5. The number of nitrogens with two attached hydrogens (primary N) is 1. The minimum Gasteiger partial charge on any atom is -0.493 e. The molecular formula is C27H35N5O5S. The maximum Gasteiger partial charge on any atom is 0.227 e. The van der Waals surface area contributed by atoms with Crippen LogP contribution in [0.15, 0.2) is 52.4 Å². The van der Waals surface area contributed by atoms with Gasteiger partial charge >= 0.3 is 0 Å². The molecule has 204 valence electrons. The molecule has 0 saturated carbocycles. The highest BCUT2D eigenvalue weighted by molar-refractivity contribution is 7.91. The molecule has 0 bridgehead atoms. The standard InChI is InChI=1S/C27H35N5O5S/c1-18(2)19-6-9-21(10-7-19)38(33,34)23-16-29-27(30-26(23)28)32-14-12-31(13-15-32)17-20-8-11-22(35-3)25(37-5)24(20)36-4/h6-11,16,18H,12-15,17H2,1-5H3,(H2,28,29,30). The molecule has 1 fully saturated rings. The van der Waals surface area contributed by atoms with E-state index in [2.05, 4.69) is 28.7 Å². The van der Waals surface area contributed by atoms with Crippen molar-refractivity contribution in [1.29, 1.82) is 0 Å². The fourth-order valence-corrected chi connectivity index (χ4v) is 5.79. The second kappa shape index (κ2) is 11.4. The Morgan fingerprint density at radius 3 is 2.13 bits per heavy atom. The van der Waals surface area contributed by atoms with Gasteiger partial charge in [-0.05, 0) is 29.7 Å². The zero-order chi connectivity index (χ0) is 27.4. The van der Waals surface area contributed by atoms with E-state index in [1.165, 1.54) is 6.20 Å². The van der Waals surface area contributed by atoms with Gasteiger partial charge < -0.3 is 24.8 Å². The fraction of sp³-hybridized carbons (Fsp3) is 0.407. The number of anilines is 2. The largest absolute Gasteiger partial charge is 0.493 e. The van der Waals surface area contributed by atoms with Crippen molar-refractivity contribution in [2.75, 3.05) is 58.1 Å². The number of methoxy groups -OCH3 is 3. The Bertz CT molecular complexity index is 1370. The first-order valence-corrected chi connectivity index (χ1v) is 13.9. The van der Waals surface area contributed by atoms with Crippen LogP contribution in [-0.2, 0) is 16.4 Å². The first-order chi connectivity index (χ1) is 18.2. The van der Waals surface area contributed by atoms with Crippen molar-refractivity contribution in [3.05, 3.63) is 53.7 Å². The number of nitrogen functional groups attached to an aromatic ring is 1. The zero-order valence-corrected chi connectivity index (χ0v) is 23.3. The maximum absolute atomic E-state index is 13.2. The van der Waals surface area contributed by atoms with E-state index >= 15 is 0 Å². The van der Waals surface area contributed by atoms with E-state index in [0.717, 1.165) is 24.2 Å². The average Bonchev–Trinajstić information content (AvgIpc) is 2.92. The molecule has 1 aliphatic heterocycles. The highest BCUT2D eigenvalue weighted by atomic mass is 32.2. The number of hydrogen-bond donors (Lipinski definition) is 1. The lowest BCUT2D eigenvalue weighted by molar-refractivity contribution is 0.242. The Morgan fingerprint density at radius 2 is 1.58 bits per heavy atom. The van der Waals surface area contributed by atoms with E-state index < -0.39 is 9.84 Å². The Kier molecular flexibility index (Phi) is 8.27. The summed E-state index contributed by atoms with van der Waals surface area (Å²) in [4.78, 5) is 13.1.